The maximum Gasteiger partial charge on any atom is 0.123 e. The third-order valence-corrected chi connectivity index (χ3v) is 3.08. The van der Waals surface area contributed by atoms with Crippen LogP contribution in [0.3, 0.4) is 0 Å². The van der Waals surface area contributed by atoms with E-state index in [2.05, 4.69) is 0 Å². The number of nitrogens with two attached hydrogens (primary N) is 1. The summed E-state index contributed by atoms with van der Waals surface area (Å²) in [6.45, 7) is 0.878. The Morgan fingerprint density at radius 2 is 2.31 bits per heavy atom. The standard InChI is InChI=1S/C13H19NO2/c1-15-13-7-3-2-6-11(13)12(14)9-10-5-4-8-16-10/h2-3,6-7,10,12H,4-5,8-9,14H2,1H3. The monoisotopic (exact) mass is 221 g/mol. The van der Waals surface area contributed by atoms with Crippen LogP contribution in [0.15, 0.2) is 24.3 Å². The lowest BCUT2D eigenvalue weighted by Gasteiger charge is -2.18. The highest BCUT2D eigenvalue weighted by Gasteiger charge is 2.21. The molecule has 1 aromatic carbocycles. The largest absolute Gasteiger partial charge is 0.496 e. The van der Waals surface area contributed by atoms with E-state index in [1.54, 1.807) is 7.11 Å². The van der Waals surface area contributed by atoms with Crippen LogP contribution in [0, 0.1) is 0 Å². The number of methoxy groups -OCH3 is 1. The van der Waals surface area contributed by atoms with Gasteiger partial charge in [0, 0.05) is 18.2 Å². The van der Waals surface area contributed by atoms with Crippen LogP contribution in [0.2, 0.25) is 0 Å². The fraction of sp³-hybridized carbons (Fsp3) is 0.538. The summed E-state index contributed by atoms with van der Waals surface area (Å²) in [7, 11) is 1.68. The van der Waals surface area contributed by atoms with Gasteiger partial charge in [-0.15, -0.1) is 0 Å². The predicted molar refractivity (Wildman–Crippen MR) is 63.5 cm³/mol. The van der Waals surface area contributed by atoms with Crippen LogP contribution in [-0.2, 0) is 4.74 Å². The molecule has 3 nitrogen and oxygen atoms in total. The molecule has 2 unspecified atom stereocenters. The second-order valence-corrected chi connectivity index (χ2v) is 4.22. The van der Waals surface area contributed by atoms with Crippen molar-refractivity contribution in [2.24, 2.45) is 5.73 Å². The first-order valence-corrected chi connectivity index (χ1v) is 5.81. The van der Waals surface area contributed by atoms with Crippen LogP contribution in [0.25, 0.3) is 0 Å². The van der Waals surface area contributed by atoms with Gasteiger partial charge < -0.3 is 15.2 Å². The van der Waals surface area contributed by atoms with Gasteiger partial charge in [0.25, 0.3) is 0 Å². The lowest BCUT2D eigenvalue weighted by Crippen LogP contribution is -2.18. The van der Waals surface area contributed by atoms with Gasteiger partial charge in [-0.3, -0.25) is 0 Å². The second-order valence-electron chi connectivity index (χ2n) is 4.22. The third-order valence-electron chi connectivity index (χ3n) is 3.08. The van der Waals surface area contributed by atoms with E-state index in [9.17, 15) is 0 Å². The second kappa shape index (κ2) is 5.32. The maximum atomic E-state index is 6.19. The number of hydrogen-bond acceptors (Lipinski definition) is 3. The summed E-state index contributed by atoms with van der Waals surface area (Å²) in [4.78, 5) is 0. The first-order valence-electron chi connectivity index (χ1n) is 5.81. The Kier molecular flexibility index (Phi) is 3.80. The zero-order valence-corrected chi connectivity index (χ0v) is 9.69. The molecule has 2 N–H and O–H groups in total. The molecule has 2 rings (SSSR count). The van der Waals surface area contributed by atoms with Crippen LogP contribution in [-0.4, -0.2) is 19.8 Å². The van der Waals surface area contributed by atoms with Gasteiger partial charge in [-0.2, -0.15) is 0 Å². The van der Waals surface area contributed by atoms with E-state index in [-0.39, 0.29) is 6.04 Å². The van der Waals surface area contributed by atoms with Crippen molar-refractivity contribution in [1.29, 1.82) is 0 Å². The van der Waals surface area contributed by atoms with Crippen molar-refractivity contribution in [3.05, 3.63) is 29.8 Å². The van der Waals surface area contributed by atoms with E-state index >= 15 is 0 Å². The van der Waals surface area contributed by atoms with E-state index in [0.29, 0.717) is 6.10 Å². The fourth-order valence-corrected chi connectivity index (χ4v) is 2.21. The summed E-state index contributed by atoms with van der Waals surface area (Å²) in [5.41, 5.74) is 7.26. The molecular formula is C13H19NO2. The van der Waals surface area contributed by atoms with Crippen molar-refractivity contribution in [2.75, 3.05) is 13.7 Å². The minimum atomic E-state index is -0.000694. The Bertz CT molecular complexity index is 334. The number of hydrogen-bond donors (Lipinski definition) is 1. The Morgan fingerprint density at radius 1 is 1.50 bits per heavy atom. The summed E-state index contributed by atoms with van der Waals surface area (Å²) < 4.78 is 10.9. The van der Waals surface area contributed by atoms with Crippen LogP contribution in [0.5, 0.6) is 5.75 Å². The summed E-state index contributed by atoms with van der Waals surface area (Å²) in [5.74, 6) is 0.869. The zero-order chi connectivity index (χ0) is 11.4. The zero-order valence-electron chi connectivity index (χ0n) is 9.69. The molecule has 0 amide bonds. The van der Waals surface area contributed by atoms with Crippen molar-refractivity contribution >= 4 is 0 Å². The van der Waals surface area contributed by atoms with Gasteiger partial charge in [-0.05, 0) is 25.3 Å². The lowest BCUT2D eigenvalue weighted by atomic mass is 9.99. The smallest absolute Gasteiger partial charge is 0.123 e. The molecule has 0 aromatic heterocycles. The molecule has 1 aromatic rings. The van der Waals surface area contributed by atoms with E-state index in [0.717, 1.165) is 37.2 Å². The molecule has 0 aliphatic carbocycles. The Balaban J connectivity index is 2.04. The quantitative estimate of drug-likeness (QED) is 0.848. The highest BCUT2D eigenvalue weighted by molar-refractivity contribution is 5.35. The number of ether oxygens (including phenoxy) is 2. The molecule has 0 saturated carbocycles. The molecule has 2 atom stereocenters. The normalized spacial score (nSPS) is 22.0. The number of benzene rings is 1. The molecule has 1 saturated heterocycles. The molecule has 0 bridgehead atoms. The predicted octanol–water partition coefficient (Wildman–Crippen LogP) is 2.26. The first-order chi connectivity index (χ1) is 7.81. The summed E-state index contributed by atoms with van der Waals surface area (Å²) in [5, 5.41) is 0. The molecule has 0 spiro atoms. The van der Waals surface area contributed by atoms with Gasteiger partial charge >= 0.3 is 0 Å². The number of rotatable bonds is 4. The van der Waals surface area contributed by atoms with Gasteiger partial charge in [-0.1, -0.05) is 18.2 Å². The third kappa shape index (κ3) is 2.54. The summed E-state index contributed by atoms with van der Waals surface area (Å²) >= 11 is 0. The van der Waals surface area contributed by atoms with Gasteiger partial charge in [0.1, 0.15) is 5.75 Å². The minimum Gasteiger partial charge on any atom is -0.496 e. The average molecular weight is 221 g/mol. The highest BCUT2D eigenvalue weighted by Crippen LogP contribution is 2.28. The van der Waals surface area contributed by atoms with Gasteiger partial charge in [-0.25, -0.2) is 0 Å². The molecule has 0 radical (unpaired) electrons. The van der Waals surface area contributed by atoms with Gasteiger partial charge in [0.05, 0.1) is 13.2 Å². The van der Waals surface area contributed by atoms with E-state index in [1.807, 2.05) is 24.3 Å². The van der Waals surface area contributed by atoms with Crippen LogP contribution < -0.4 is 10.5 Å². The summed E-state index contributed by atoms with van der Waals surface area (Å²) in [6, 6.07) is 7.93. The fourth-order valence-electron chi connectivity index (χ4n) is 2.21. The summed E-state index contributed by atoms with van der Waals surface area (Å²) in [6.07, 6.45) is 3.48. The van der Waals surface area contributed by atoms with E-state index < -0.39 is 0 Å². The molecule has 1 aliphatic heterocycles. The average Bonchev–Trinajstić information content (AvgIpc) is 2.81. The molecule has 88 valence electrons. The van der Waals surface area contributed by atoms with Crippen molar-refractivity contribution < 1.29 is 9.47 Å². The first kappa shape index (κ1) is 11.4. The Hall–Kier alpha value is -1.06. The van der Waals surface area contributed by atoms with Crippen LogP contribution in [0.1, 0.15) is 30.9 Å². The molecule has 1 aliphatic rings. The highest BCUT2D eigenvalue weighted by atomic mass is 16.5. The van der Waals surface area contributed by atoms with Crippen molar-refractivity contribution in [3.63, 3.8) is 0 Å². The maximum absolute atomic E-state index is 6.19. The molecule has 3 heteroatoms. The molecular weight excluding hydrogens is 202 g/mol. The Labute approximate surface area is 96.5 Å². The number of para-hydroxylation sites is 1. The van der Waals surface area contributed by atoms with Gasteiger partial charge in [0.15, 0.2) is 0 Å². The SMILES string of the molecule is COc1ccccc1C(N)CC1CCCO1. The topological polar surface area (TPSA) is 44.5 Å². The van der Waals surface area contributed by atoms with Crippen molar-refractivity contribution in [2.45, 2.75) is 31.4 Å². The van der Waals surface area contributed by atoms with Gasteiger partial charge in [0.2, 0.25) is 0 Å². The van der Waals surface area contributed by atoms with E-state index in [4.69, 9.17) is 15.2 Å². The van der Waals surface area contributed by atoms with Crippen LogP contribution in [0.4, 0.5) is 0 Å². The minimum absolute atomic E-state index is 0.000694. The van der Waals surface area contributed by atoms with E-state index in [1.165, 1.54) is 0 Å². The van der Waals surface area contributed by atoms with Crippen molar-refractivity contribution in [1.82, 2.24) is 0 Å². The lowest BCUT2D eigenvalue weighted by molar-refractivity contribution is 0.0981. The van der Waals surface area contributed by atoms with Crippen LogP contribution >= 0.6 is 0 Å². The van der Waals surface area contributed by atoms with Crippen molar-refractivity contribution in [3.8, 4) is 5.75 Å². The molecule has 16 heavy (non-hydrogen) atoms. The molecule has 1 fully saturated rings. The molecule has 1 heterocycles. The Morgan fingerprint density at radius 3 is 3.00 bits per heavy atom.